The lowest BCUT2D eigenvalue weighted by atomic mass is 10.2. The van der Waals surface area contributed by atoms with Crippen molar-refractivity contribution in [2.75, 3.05) is 20.2 Å². The first-order chi connectivity index (χ1) is 6.08. The monoisotopic (exact) mass is 185 g/mol. The van der Waals surface area contributed by atoms with E-state index >= 15 is 0 Å². The molecule has 0 saturated heterocycles. The van der Waals surface area contributed by atoms with Crippen LogP contribution in [0.4, 0.5) is 0 Å². The quantitative estimate of drug-likeness (QED) is 0.494. The number of likely N-dealkylation sites (N-methyl/N-ethyl adjacent to an activating group) is 1. The summed E-state index contributed by atoms with van der Waals surface area (Å²) in [6.07, 6.45) is 0. The molecule has 3 heteroatoms. The number of hydrogen-bond acceptors (Lipinski definition) is 3. The summed E-state index contributed by atoms with van der Waals surface area (Å²) in [7, 11) is 1.41. The number of carbonyl (C=O) groups excluding carboxylic acids is 1. The Labute approximate surface area is 80.4 Å². The summed E-state index contributed by atoms with van der Waals surface area (Å²) in [6, 6.07) is 0. The highest BCUT2D eigenvalue weighted by Gasteiger charge is 2.16. The molecule has 0 radical (unpaired) electrons. The molecule has 0 bridgehead atoms. The van der Waals surface area contributed by atoms with Crippen LogP contribution in [-0.4, -0.2) is 31.1 Å². The molecule has 0 aromatic heterocycles. The normalized spacial score (nSPS) is 9.31. The Kier molecular flexibility index (Phi) is 5.19. The lowest BCUT2D eigenvalue weighted by molar-refractivity contribution is -0.138. The van der Waals surface area contributed by atoms with Crippen LogP contribution in [0.1, 0.15) is 27.7 Å². The molecule has 0 aliphatic rings. The van der Waals surface area contributed by atoms with E-state index in [0.717, 1.165) is 18.7 Å². The third-order valence-corrected chi connectivity index (χ3v) is 1.93. The van der Waals surface area contributed by atoms with Crippen LogP contribution in [0.2, 0.25) is 0 Å². The van der Waals surface area contributed by atoms with Gasteiger partial charge in [-0.1, -0.05) is 0 Å². The second-order valence-electron chi connectivity index (χ2n) is 3.01. The first-order valence-electron chi connectivity index (χ1n) is 4.59. The molecular weight excluding hydrogens is 166 g/mol. The molecule has 76 valence electrons. The van der Waals surface area contributed by atoms with Gasteiger partial charge in [-0.3, -0.25) is 0 Å². The Balaban J connectivity index is 4.82. The number of carbonyl (C=O) groups is 1. The average molecular weight is 185 g/mol. The first kappa shape index (κ1) is 12.0. The van der Waals surface area contributed by atoms with Gasteiger partial charge in [0.15, 0.2) is 0 Å². The highest BCUT2D eigenvalue weighted by atomic mass is 16.5. The molecule has 0 fully saturated rings. The van der Waals surface area contributed by atoms with E-state index in [1.165, 1.54) is 7.11 Å². The summed E-state index contributed by atoms with van der Waals surface area (Å²) >= 11 is 0. The molecule has 0 rings (SSSR count). The summed E-state index contributed by atoms with van der Waals surface area (Å²) in [4.78, 5) is 13.4. The van der Waals surface area contributed by atoms with Crippen molar-refractivity contribution in [3.63, 3.8) is 0 Å². The zero-order valence-electron chi connectivity index (χ0n) is 9.18. The minimum Gasteiger partial charge on any atom is -0.464 e. The van der Waals surface area contributed by atoms with Crippen molar-refractivity contribution in [1.29, 1.82) is 0 Å². The largest absolute Gasteiger partial charge is 0.464 e. The van der Waals surface area contributed by atoms with Gasteiger partial charge in [0.25, 0.3) is 0 Å². The van der Waals surface area contributed by atoms with Crippen molar-refractivity contribution < 1.29 is 9.53 Å². The molecule has 0 aromatic rings. The van der Waals surface area contributed by atoms with Gasteiger partial charge in [0.05, 0.1) is 7.11 Å². The van der Waals surface area contributed by atoms with Gasteiger partial charge in [-0.2, -0.15) is 0 Å². The number of hydrogen-bond donors (Lipinski definition) is 0. The minimum absolute atomic E-state index is 0.247. The van der Waals surface area contributed by atoms with Gasteiger partial charge in [0, 0.05) is 13.1 Å². The first-order valence-corrected chi connectivity index (χ1v) is 4.59. The number of methoxy groups -OCH3 is 1. The van der Waals surface area contributed by atoms with E-state index in [-0.39, 0.29) is 5.97 Å². The van der Waals surface area contributed by atoms with Gasteiger partial charge in [-0.15, -0.1) is 0 Å². The fraction of sp³-hybridized carbons (Fsp3) is 0.700. The summed E-state index contributed by atoms with van der Waals surface area (Å²) < 4.78 is 4.72. The van der Waals surface area contributed by atoms with E-state index in [0.29, 0.717) is 5.70 Å². The Hall–Kier alpha value is -0.990. The summed E-state index contributed by atoms with van der Waals surface area (Å²) in [5.41, 5.74) is 1.68. The van der Waals surface area contributed by atoms with E-state index in [1.807, 2.05) is 32.6 Å². The topological polar surface area (TPSA) is 29.5 Å². The maximum absolute atomic E-state index is 11.4. The van der Waals surface area contributed by atoms with Gasteiger partial charge in [-0.25, -0.2) is 4.79 Å². The number of rotatable bonds is 4. The zero-order valence-corrected chi connectivity index (χ0v) is 9.18. The molecule has 0 saturated carbocycles. The molecule has 0 aliphatic carbocycles. The Morgan fingerprint density at radius 2 is 1.69 bits per heavy atom. The van der Waals surface area contributed by atoms with E-state index in [2.05, 4.69) is 0 Å². The molecule has 0 amide bonds. The molecule has 13 heavy (non-hydrogen) atoms. The Morgan fingerprint density at radius 1 is 1.23 bits per heavy atom. The number of esters is 1. The smallest absolute Gasteiger partial charge is 0.354 e. The zero-order chi connectivity index (χ0) is 10.4. The van der Waals surface area contributed by atoms with E-state index in [4.69, 9.17) is 4.74 Å². The van der Waals surface area contributed by atoms with Crippen molar-refractivity contribution in [1.82, 2.24) is 4.90 Å². The summed E-state index contributed by atoms with van der Waals surface area (Å²) in [5.74, 6) is -0.247. The summed E-state index contributed by atoms with van der Waals surface area (Å²) in [5, 5.41) is 0. The molecule has 0 unspecified atom stereocenters. The van der Waals surface area contributed by atoms with Gasteiger partial charge >= 0.3 is 5.97 Å². The van der Waals surface area contributed by atoms with Crippen LogP contribution in [0.3, 0.4) is 0 Å². The number of nitrogens with zero attached hydrogens (tertiary/aromatic N) is 1. The molecule has 3 nitrogen and oxygen atoms in total. The van der Waals surface area contributed by atoms with Crippen molar-refractivity contribution in [3.05, 3.63) is 11.3 Å². The van der Waals surface area contributed by atoms with Crippen LogP contribution >= 0.6 is 0 Å². The van der Waals surface area contributed by atoms with E-state index in [1.54, 1.807) is 0 Å². The third-order valence-electron chi connectivity index (χ3n) is 1.93. The SMILES string of the molecule is CCN(CC)C(C(=O)OC)=C(C)C. The highest BCUT2D eigenvalue weighted by Crippen LogP contribution is 2.11. The second kappa shape index (κ2) is 5.62. The lowest BCUT2D eigenvalue weighted by Gasteiger charge is -2.23. The predicted molar refractivity (Wildman–Crippen MR) is 53.3 cm³/mol. The molecule has 0 heterocycles. The van der Waals surface area contributed by atoms with Crippen LogP contribution in [-0.2, 0) is 9.53 Å². The standard InChI is InChI=1S/C10H19NO2/c1-6-11(7-2)9(8(3)4)10(12)13-5/h6-7H2,1-5H3. The number of allylic oxidation sites excluding steroid dienone is 1. The van der Waals surface area contributed by atoms with E-state index < -0.39 is 0 Å². The molecule has 0 N–H and O–H groups in total. The molecule has 0 aromatic carbocycles. The van der Waals surface area contributed by atoms with Crippen LogP contribution in [0, 0.1) is 0 Å². The minimum atomic E-state index is -0.247. The van der Waals surface area contributed by atoms with Crippen LogP contribution in [0.25, 0.3) is 0 Å². The predicted octanol–water partition coefficient (Wildman–Crippen LogP) is 1.80. The number of ether oxygens (including phenoxy) is 1. The summed E-state index contributed by atoms with van der Waals surface area (Å²) in [6.45, 7) is 9.54. The third kappa shape index (κ3) is 3.09. The van der Waals surface area contributed by atoms with Gasteiger partial charge in [0.2, 0.25) is 0 Å². The van der Waals surface area contributed by atoms with Crippen molar-refractivity contribution in [2.45, 2.75) is 27.7 Å². The molecular formula is C10H19NO2. The van der Waals surface area contributed by atoms with Gasteiger partial charge in [0.1, 0.15) is 5.70 Å². The maximum atomic E-state index is 11.4. The average Bonchev–Trinajstić information content (AvgIpc) is 2.12. The van der Waals surface area contributed by atoms with Crippen LogP contribution < -0.4 is 0 Å². The van der Waals surface area contributed by atoms with Crippen LogP contribution in [0.15, 0.2) is 11.3 Å². The lowest BCUT2D eigenvalue weighted by Crippen LogP contribution is -2.28. The Bertz CT molecular complexity index is 201. The highest BCUT2D eigenvalue weighted by molar-refractivity contribution is 5.88. The second-order valence-corrected chi connectivity index (χ2v) is 3.01. The molecule has 0 spiro atoms. The molecule has 0 atom stereocenters. The van der Waals surface area contributed by atoms with Crippen molar-refractivity contribution >= 4 is 5.97 Å². The van der Waals surface area contributed by atoms with Crippen molar-refractivity contribution in [2.24, 2.45) is 0 Å². The van der Waals surface area contributed by atoms with Crippen molar-refractivity contribution in [3.8, 4) is 0 Å². The Morgan fingerprint density at radius 3 is 1.92 bits per heavy atom. The fourth-order valence-corrected chi connectivity index (χ4v) is 1.29. The fourth-order valence-electron chi connectivity index (χ4n) is 1.29. The molecule has 0 aliphatic heterocycles. The van der Waals surface area contributed by atoms with Gasteiger partial charge in [-0.05, 0) is 33.3 Å². The maximum Gasteiger partial charge on any atom is 0.354 e. The van der Waals surface area contributed by atoms with Crippen LogP contribution in [0.5, 0.6) is 0 Å². The van der Waals surface area contributed by atoms with E-state index in [9.17, 15) is 4.79 Å². The van der Waals surface area contributed by atoms with Gasteiger partial charge < -0.3 is 9.64 Å².